The molecule has 0 N–H and O–H groups in total. The third-order valence-electron chi connectivity index (χ3n) is 2.99. The van der Waals surface area contributed by atoms with Gasteiger partial charge in [0.2, 0.25) is 0 Å². The molecule has 0 amide bonds. The molecule has 0 atom stereocenters. The van der Waals surface area contributed by atoms with Crippen molar-refractivity contribution in [2.24, 2.45) is 5.92 Å². The Hall–Kier alpha value is -1.37. The lowest BCUT2D eigenvalue weighted by atomic mass is 10.0. The highest BCUT2D eigenvalue weighted by Gasteiger charge is 2.14. The van der Waals surface area contributed by atoms with Gasteiger partial charge in [0, 0.05) is 17.9 Å². The molecule has 0 unspecified atom stereocenters. The Balaban J connectivity index is 2.63. The maximum absolute atomic E-state index is 2.36. The fourth-order valence-corrected chi connectivity index (χ4v) is 2.23. The lowest BCUT2D eigenvalue weighted by Gasteiger charge is -2.08. The average Bonchev–Trinajstić information content (AvgIpc) is 2.29. The molecule has 16 heavy (non-hydrogen) atoms. The van der Waals surface area contributed by atoms with Crippen molar-refractivity contribution in [1.82, 2.24) is 0 Å². The smallest absolute Gasteiger partial charge is 0.189 e. The van der Waals surface area contributed by atoms with Gasteiger partial charge in [-0.15, -0.1) is 0 Å². The molecule has 2 rings (SSSR count). The molecule has 2 aromatic rings. The van der Waals surface area contributed by atoms with Gasteiger partial charge >= 0.3 is 0 Å². The van der Waals surface area contributed by atoms with Gasteiger partial charge in [-0.25, -0.2) is 4.57 Å². The first-order valence-electron chi connectivity index (χ1n) is 6.12. The van der Waals surface area contributed by atoms with Crippen LogP contribution in [0.15, 0.2) is 36.5 Å². The van der Waals surface area contributed by atoms with Crippen LogP contribution in [0.1, 0.15) is 26.5 Å². The molecule has 1 heteroatoms. The van der Waals surface area contributed by atoms with Crippen molar-refractivity contribution in [3.05, 3.63) is 42.2 Å². The molecule has 0 fully saturated rings. The normalized spacial score (nSPS) is 11.2. The number of pyridine rings is 1. The van der Waals surface area contributed by atoms with E-state index in [4.69, 9.17) is 0 Å². The van der Waals surface area contributed by atoms with Gasteiger partial charge in [-0.05, 0) is 24.3 Å². The summed E-state index contributed by atoms with van der Waals surface area (Å²) in [7, 11) is 0. The van der Waals surface area contributed by atoms with Gasteiger partial charge in [0.05, 0.1) is 0 Å². The number of hydrogen-bond donors (Lipinski definition) is 0. The summed E-state index contributed by atoms with van der Waals surface area (Å²) in [6, 6.07) is 10.9. The van der Waals surface area contributed by atoms with Crippen LogP contribution in [0.2, 0.25) is 0 Å². The van der Waals surface area contributed by atoms with Crippen molar-refractivity contribution >= 4 is 10.8 Å². The van der Waals surface area contributed by atoms with E-state index in [9.17, 15) is 0 Å². The number of aromatic nitrogens is 1. The molecule has 1 heterocycles. The lowest BCUT2D eigenvalue weighted by molar-refractivity contribution is -0.699. The Bertz CT molecular complexity index is 486. The summed E-state index contributed by atoms with van der Waals surface area (Å²) in [5.74, 6) is 0.698. The second-order valence-corrected chi connectivity index (χ2v) is 4.73. The zero-order chi connectivity index (χ0) is 11.5. The minimum Gasteiger partial charge on any atom is -0.202 e. The number of fused-ring (bicyclic) bond motifs is 1. The van der Waals surface area contributed by atoms with Crippen molar-refractivity contribution in [3.63, 3.8) is 0 Å². The molecule has 84 valence electrons. The molecule has 0 saturated heterocycles. The minimum absolute atomic E-state index is 0.698. The third-order valence-corrected chi connectivity index (χ3v) is 2.99. The fraction of sp³-hybridized carbons (Fsp3) is 0.400. The van der Waals surface area contributed by atoms with Crippen molar-refractivity contribution in [2.75, 3.05) is 0 Å². The quantitative estimate of drug-likeness (QED) is 0.690. The second-order valence-electron chi connectivity index (χ2n) is 4.73. The van der Waals surface area contributed by atoms with E-state index in [1.165, 1.54) is 16.5 Å². The zero-order valence-electron chi connectivity index (χ0n) is 10.4. The monoisotopic (exact) mass is 214 g/mol. The van der Waals surface area contributed by atoms with Crippen LogP contribution in [-0.2, 0) is 13.0 Å². The van der Waals surface area contributed by atoms with Crippen molar-refractivity contribution in [1.29, 1.82) is 0 Å². The van der Waals surface area contributed by atoms with Gasteiger partial charge in [-0.3, -0.25) is 0 Å². The molecule has 1 nitrogen and oxygen atoms in total. The van der Waals surface area contributed by atoms with Crippen LogP contribution in [0.4, 0.5) is 0 Å². The van der Waals surface area contributed by atoms with Crippen LogP contribution in [0, 0.1) is 5.92 Å². The standard InChI is InChI=1S/C15H20N/c1-4-16-10-9-13-7-5-6-8-14(13)15(16)11-12(2)3/h5-10,12H,4,11H2,1-3H3/q+1. The number of nitrogens with zero attached hydrogens (tertiary/aromatic N) is 1. The van der Waals surface area contributed by atoms with Crippen LogP contribution in [-0.4, -0.2) is 0 Å². The van der Waals surface area contributed by atoms with Crippen LogP contribution in [0.5, 0.6) is 0 Å². The molecule has 0 aliphatic heterocycles. The van der Waals surface area contributed by atoms with Gasteiger partial charge in [-0.1, -0.05) is 32.0 Å². The highest BCUT2D eigenvalue weighted by Crippen LogP contribution is 2.17. The Morgan fingerprint density at radius 3 is 2.56 bits per heavy atom. The summed E-state index contributed by atoms with van der Waals surface area (Å²) in [6.45, 7) is 7.81. The predicted molar refractivity (Wildman–Crippen MR) is 68.4 cm³/mol. The molecule has 0 spiro atoms. The van der Waals surface area contributed by atoms with E-state index in [1.807, 2.05) is 0 Å². The maximum Gasteiger partial charge on any atom is 0.189 e. The van der Waals surface area contributed by atoms with E-state index in [0.717, 1.165) is 13.0 Å². The van der Waals surface area contributed by atoms with Crippen LogP contribution >= 0.6 is 0 Å². The van der Waals surface area contributed by atoms with Crippen molar-refractivity contribution in [3.8, 4) is 0 Å². The molecule has 0 aliphatic carbocycles. The largest absolute Gasteiger partial charge is 0.202 e. The minimum atomic E-state index is 0.698. The van der Waals surface area contributed by atoms with Crippen LogP contribution in [0.3, 0.4) is 0 Å². The van der Waals surface area contributed by atoms with Gasteiger partial charge < -0.3 is 0 Å². The first-order valence-corrected chi connectivity index (χ1v) is 6.12. The Labute approximate surface area is 97.7 Å². The molecule has 0 radical (unpaired) electrons. The van der Waals surface area contributed by atoms with Crippen LogP contribution in [0.25, 0.3) is 10.8 Å². The highest BCUT2D eigenvalue weighted by atomic mass is 14.9. The van der Waals surface area contributed by atoms with Crippen molar-refractivity contribution in [2.45, 2.75) is 33.7 Å². The van der Waals surface area contributed by atoms with Gasteiger partial charge in [0.25, 0.3) is 0 Å². The van der Waals surface area contributed by atoms with Gasteiger partial charge in [0.1, 0.15) is 6.54 Å². The number of aryl methyl sites for hydroxylation is 1. The summed E-state index contributed by atoms with van der Waals surface area (Å²) < 4.78 is 2.36. The molecular formula is C15H20N+. The fourth-order valence-electron chi connectivity index (χ4n) is 2.23. The first-order chi connectivity index (χ1) is 7.72. The molecule has 1 aromatic heterocycles. The Kier molecular flexibility index (Phi) is 3.23. The molecule has 0 saturated carbocycles. The zero-order valence-corrected chi connectivity index (χ0v) is 10.4. The van der Waals surface area contributed by atoms with E-state index >= 15 is 0 Å². The average molecular weight is 214 g/mol. The topological polar surface area (TPSA) is 3.88 Å². The summed E-state index contributed by atoms with van der Waals surface area (Å²) >= 11 is 0. The number of benzene rings is 1. The third kappa shape index (κ3) is 2.08. The number of hydrogen-bond acceptors (Lipinski definition) is 0. The molecule has 0 bridgehead atoms. The summed E-state index contributed by atoms with van der Waals surface area (Å²) in [5, 5.41) is 2.75. The SMILES string of the molecule is CC[n+]1ccc2ccccc2c1CC(C)C. The van der Waals surface area contributed by atoms with E-state index in [2.05, 4.69) is 61.9 Å². The Morgan fingerprint density at radius 1 is 1.12 bits per heavy atom. The van der Waals surface area contributed by atoms with Crippen molar-refractivity contribution < 1.29 is 4.57 Å². The second kappa shape index (κ2) is 4.65. The summed E-state index contributed by atoms with van der Waals surface area (Å²) in [5.41, 5.74) is 1.47. The lowest BCUT2D eigenvalue weighted by Crippen LogP contribution is -2.37. The van der Waals surface area contributed by atoms with Crippen LogP contribution < -0.4 is 4.57 Å². The first kappa shape index (κ1) is 11.1. The van der Waals surface area contributed by atoms with Gasteiger partial charge in [-0.2, -0.15) is 0 Å². The molecule has 0 aliphatic rings. The maximum atomic E-state index is 2.36. The van der Waals surface area contributed by atoms with Gasteiger partial charge in [0.15, 0.2) is 11.9 Å². The highest BCUT2D eigenvalue weighted by molar-refractivity contribution is 5.83. The Morgan fingerprint density at radius 2 is 1.88 bits per heavy atom. The molecular weight excluding hydrogens is 194 g/mol. The van der Waals surface area contributed by atoms with E-state index in [-0.39, 0.29) is 0 Å². The summed E-state index contributed by atoms with van der Waals surface area (Å²) in [4.78, 5) is 0. The summed E-state index contributed by atoms with van der Waals surface area (Å²) in [6.07, 6.45) is 3.36. The molecule has 1 aromatic carbocycles. The van der Waals surface area contributed by atoms with E-state index in [1.54, 1.807) is 0 Å². The number of rotatable bonds is 3. The van der Waals surface area contributed by atoms with E-state index < -0.39 is 0 Å². The van der Waals surface area contributed by atoms with E-state index in [0.29, 0.717) is 5.92 Å². The predicted octanol–water partition coefficient (Wildman–Crippen LogP) is 3.35.